The average Bonchev–Trinajstić information content (AvgIpc) is 2.83. The number of rotatable bonds is 6. The molecule has 0 fully saturated rings. The number of benzene rings is 1. The smallest absolute Gasteiger partial charge is 0.165 e. The van der Waals surface area contributed by atoms with Crippen LogP contribution in [0.4, 0.5) is 9.39 Å². The summed E-state index contributed by atoms with van der Waals surface area (Å²) in [7, 11) is 0. The van der Waals surface area contributed by atoms with Gasteiger partial charge in [0.1, 0.15) is 17.3 Å². The number of hydrogen-bond donors (Lipinski definition) is 1. The molecule has 2 rings (SSSR count). The molecule has 0 spiro atoms. The van der Waals surface area contributed by atoms with Crippen LogP contribution < -0.4 is 10.1 Å². The molecule has 0 unspecified atom stereocenters. The van der Waals surface area contributed by atoms with E-state index in [9.17, 15) is 4.39 Å². The van der Waals surface area contributed by atoms with Crippen molar-refractivity contribution in [3.63, 3.8) is 0 Å². The molecule has 1 N–H and O–H groups in total. The summed E-state index contributed by atoms with van der Waals surface area (Å²) in [5.41, 5.74) is 0.705. The Bertz CT molecular complexity index is 504. The fourth-order valence-corrected chi connectivity index (χ4v) is 1.98. The van der Waals surface area contributed by atoms with Gasteiger partial charge in [0.05, 0.1) is 0 Å². The predicted molar refractivity (Wildman–Crippen MR) is 69.4 cm³/mol. The second-order valence-electron chi connectivity index (χ2n) is 3.69. The van der Waals surface area contributed by atoms with Crippen LogP contribution in [0.25, 0.3) is 0 Å². The molecule has 0 amide bonds. The molecule has 1 aromatic carbocycles. The van der Waals surface area contributed by atoms with Crippen LogP contribution in [0, 0.1) is 5.82 Å². The van der Waals surface area contributed by atoms with E-state index in [0.29, 0.717) is 5.69 Å². The van der Waals surface area contributed by atoms with E-state index in [-0.39, 0.29) is 18.2 Å². The lowest BCUT2D eigenvalue weighted by molar-refractivity contribution is 0.286. The second kappa shape index (κ2) is 6.30. The van der Waals surface area contributed by atoms with Crippen LogP contribution >= 0.6 is 11.5 Å². The molecule has 4 nitrogen and oxygen atoms in total. The molecule has 0 atom stereocenters. The maximum atomic E-state index is 13.3. The van der Waals surface area contributed by atoms with Crippen LogP contribution in [0.2, 0.25) is 0 Å². The summed E-state index contributed by atoms with van der Waals surface area (Å²) in [5, 5.41) is 8.07. The van der Waals surface area contributed by atoms with Crippen molar-refractivity contribution in [2.45, 2.75) is 20.0 Å². The number of hydrogen-bond acceptors (Lipinski definition) is 5. The van der Waals surface area contributed by atoms with Crippen molar-refractivity contribution in [1.82, 2.24) is 9.59 Å². The molecule has 1 heterocycles. The van der Waals surface area contributed by atoms with Gasteiger partial charge in [-0.05, 0) is 18.6 Å². The molecular formula is C12H14FN3OS. The Morgan fingerprint density at radius 3 is 3.00 bits per heavy atom. The fraction of sp³-hybridized carbons (Fsp3) is 0.333. The summed E-state index contributed by atoms with van der Waals surface area (Å²) < 4.78 is 22.6. The third-order valence-corrected chi connectivity index (χ3v) is 3.02. The standard InChI is InChI=1S/C12H14FN3OS/c1-2-7-14-12-10(15-16-18-12)8-17-11-6-4-3-5-9(11)13/h3-6,14H,2,7-8H2,1H3. The van der Waals surface area contributed by atoms with E-state index in [1.807, 2.05) is 0 Å². The molecule has 0 aliphatic carbocycles. The van der Waals surface area contributed by atoms with Crippen molar-refractivity contribution in [2.24, 2.45) is 0 Å². The van der Waals surface area contributed by atoms with Crippen molar-refractivity contribution >= 4 is 16.5 Å². The lowest BCUT2D eigenvalue weighted by atomic mass is 10.3. The summed E-state index contributed by atoms with van der Waals surface area (Å²) >= 11 is 1.28. The van der Waals surface area contributed by atoms with Crippen molar-refractivity contribution < 1.29 is 9.13 Å². The minimum Gasteiger partial charge on any atom is -0.484 e. The summed E-state index contributed by atoms with van der Waals surface area (Å²) in [6, 6.07) is 6.31. The molecule has 0 radical (unpaired) electrons. The van der Waals surface area contributed by atoms with Gasteiger partial charge in [0.25, 0.3) is 0 Å². The number of aromatic nitrogens is 2. The molecule has 6 heteroatoms. The lowest BCUT2D eigenvalue weighted by Gasteiger charge is -2.07. The zero-order valence-electron chi connectivity index (χ0n) is 10.0. The maximum Gasteiger partial charge on any atom is 0.165 e. The van der Waals surface area contributed by atoms with Gasteiger partial charge < -0.3 is 10.1 Å². The Kier molecular flexibility index (Phi) is 4.46. The van der Waals surface area contributed by atoms with Gasteiger partial charge in [-0.2, -0.15) is 0 Å². The number of ether oxygens (including phenoxy) is 1. The SMILES string of the molecule is CCCNc1snnc1COc1ccccc1F. The average molecular weight is 267 g/mol. The van der Waals surface area contributed by atoms with E-state index in [4.69, 9.17) is 4.74 Å². The van der Waals surface area contributed by atoms with E-state index in [1.165, 1.54) is 17.6 Å². The van der Waals surface area contributed by atoms with Crippen LogP contribution in [0.15, 0.2) is 24.3 Å². The Hall–Kier alpha value is -1.69. The highest BCUT2D eigenvalue weighted by Crippen LogP contribution is 2.21. The first kappa shape index (κ1) is 12.8. The van der Waals surface area contributed by atoms with Gasteiger partial charge in [-0.15, -0.1) is 5.10 Å². The van der Waals surface area contributed by atoms with Gasteiger partial charge in [0, 0.05) is 18.1 Å². The number of para-hydroxylation sites is 1. The van der Waals surface area contributed by atoms with Crippen molar-refractivity contribution in [1.29, 1.82) is 0 Å². The van der Waals surface area contributed by atoms with Crippen LogP contribution in [0.3, 0.4) is 0 Å². The largest absolute Gasteiger partial charge is 0.484 e. The molecule has 0 bridgehead atoms. The van der Waals surface area contributed by atoms with E-state index < -0.39 is 0 Å². The Morgan fingerprint density at radius 1 is 1.39 bits per heavy atom. The highest BCUT2D eigenvalue weighted by atomic mass is 32.1. The van der Waals surface area contributed by atoms with Gasteiger partial charge in [-0.1, -0.05) is 23.5 Å². The van der Waals surface area contributed by atoms with Crippen LogP contribution in [-0.4, -0.2) is 16.1 Å². The molecule has 96 valence electrons. The fourth-order valence-electron chi connectivity index (χ4n) is 1.38. The highest BCUT2D eigenvalue weighted by molar-refractivity contribution is 7.10. The van der Waals surface area contributed by atoms with Crippen LogP contribution in [-0.2, 0) is 6.61 Å². The van der Waals surface area contributed by atoms with Gasteiger partial charge >= 0.3 is 0 Å². The van der Waals surface area contributed by atoms with Gasteiger partial charge in [0.15, 0.2) is 11.6 Å². The topological polar surface area (TPSA) is 47.0 Å². The Balaban J connectivity index is 1.98. The van der Waals surface area contributed by atoms with Crippen molar-refractivity contribution in [2.75, 3.05) is 11.9 Å². The summed E-state index contributed by atoms with van der Waals surface area (Å²) in [4.78, 5) is 0. The molecule has 18 heavy (non-hydrogen) atoms. The van der Waals surface area contributed by atoms with E-state index in [0.717, 1.165) is 18.0 Å². The van der Waals surface area contributed by atoms with Crippen molar-refractivity contribution in [3.8, 4) is 5.75 Å². The van der Waals surface area contributed by atoms with E-state index >= 15 is 0 Å². The maximum absolute atomic E-state index is 13.3. The first-order valence-electron chi connectivity index (χ1n) is 5.73. The van der Waals surface area contributed by atoms with Crippen LogP contribution in [0.1, 0.15) is 19.0 Å². The molecule has 2 aromatic rings. The molecular weight excluding hydrogens is 253 g/mol. The first-order valence-corrected chi connectivity index (χ1v) is 6.51. The summed E-state index contributed by atoms with van der Waals surface area (Å²) in [6.45, 7) is 3.15. The lowest BCUT2D eigenvalue weighted by Crippen LogP contribution is -2.04. The Labute approximate surface area is 109 Å². The molecule has 0 saturated carbocycles. The number of halogens is 1. The zero-order chi connectivity index (χ0) is 12.8. The van der Waals surface area contributed by atoms with E-state index in [2.05, 4.69) is 21.8 Å². The monoisotopic (exact) mass is 267 g/mol. The van der Waals surface area contributed by atoms with Gasteiger partial charge in [-0.25, -0.2) is 4.39 Å². The normalized spacial score (nSPS) is 10.3. The first-order chi connectivity index (χ1) is 8.81. The molecule has 0 saturated heterocycles. The number of anilines is 1. The quantitative estimate of drug-likeness (QED) is 0.873. The van der Waals surface area contributed by atoms with Gasteiger partial charge in [-0.3, -0.25) is 0 Å². The number of nitrogens with one attached hydrogen (secondary N) is 1. The third kappa shape index (κ3) is 3.16. The zero-order valence-corrected chi connectivity index (χ0v) is 10.8. The molecule has 1 aromatic heterocycles. The minimum atomic E-state index is -0.372. The van der Waals surface area contributed by atoms with Crippen LogP contribution in [0.5, 0.6) is 5.75 Å². The van der Waals surface area contributed by atoms with Crippen molar-refractivity contribution in [3.05, 3.63) is 35.8 Å². The molecule has 0 aliphatic heterocycles. The van der Waals surface area contributed by atoms with E-state index in [1.54, 1.807) is 18.2 Å². The minimum absolute atomic E-state index is 0.212. The third-order valence-electron chi connectivity index (χ3n) is 2.29. The second-order valence-corrected chi connectivity index (χ2v) is 4.45. The highest BCUT2D eigenvalue weighted by Gasteiger charge is 2.09. The summed E-state index contributed by atoms with van der Waals surface area (Å²) in [6.07, 6.45) is 1.02. The predicted octanol–water partition coefficient (Wildman–Crippen LogP) is 3.08. The molecule has 0 aliphatic rings. The van der Waals surface area contributed by atoms with Gasteiger partial charge in [0.2, 0.25) is 0 Å². The number of nitrogens with zero attached hydrogens (tertiary/aromatic N) is 2. The Morgan fingerprint density at radius 2 is 2.22 bits per heavy atom. The summed E-state index contributed by atoms with van der Waals surface area (Å²) in [5.74, 6) is -0.143.